The highest BCUT2D eigenvalue weighted by Gasteiger charge is 2.22. The number of rotatable bonds is 1. The van der Waals surface area contributed by atoms with Crippen molar-refractivity contribution in [1.82, 2.24) is 9.88 Å². The van der Waals surface area contributed by atoms with Crippen molar-refractivity contribution in [2.45, 2.75) is 19.9 Å². The first kappa shape index (κ1) is 9.57. The van der Waals surface area contributed by atoms with Crippen LogP contribution in [0.15, 0.2) is 0 Å². The Balaban J connectivity index is 2.12. The number of anilines is 1. The highest BCUT2D eigenvalue weighted by atomic mass is 32.1. The number of thiazole rings is 1. The first-order valence-corrected chi connectivity index (χ1v) is 6.80. The van der Waals surface area contributed by atoms with Gasteiger partial charge in [-0.1, -0.05) is 18.3 Å². The summed E-state index contributed by atoms with van der Waals surface area (Å²) in [5.41, 5.74) is 7.22. The molecule has 0 bridgehead atoms. The van der Waals surface area contributed by atoms with Crippen molar-refractivity contribution in [1.29, 1.82) is 0 Å². The second-order valence-electron chi connectivity index (χ2n) is 3.81. The normalized spacial score (nSPS) is 17.1. The molecule has 3 heterocycles. The molecule has 0 amide bonds. The molecule has 1 aliphatic heterocycles. The summed E-state index contributed by atoms with van der Waals surface area (Å²) in [6.45, 7) is 5.61. The van der Waals surface area contributed by atoms with Crippen LogP contribution in [0.25, 0.3) is 9.53 Å². The number of nitrogen functional groups attached to an aromatic ring is 1. The van der Waals surface area contributed by atoms with Gasteiger partial charge in [-0.05, 0) is 18.5 Å². The fraction of sp³-hybridized carbons (Fsp3) is 0.500. The fourth-order valence-corrected chi connectivity index (χ4v) is 4.32. The van der Waals surface area contributed by atoms with Crippen molar-refractivity contribution < 1.29 is 0 Å². The molecule has 3 rings (SSSR count). The Morgan fingerprint density at radius 3 is 3.13 bits per heavy atom. The number of nitrogens with zero attached hydrogens (tertiary/aromatic N) is 2. The van der Waals surface area contributed by atoms with Gasteiger partial charge in [0.25, 0.3) is 0 Å². The lowest BCUT2D eigenvalue weighted by molar-refractivity contribution is 0.271. The molecule has 1 aliphatic rings. The minimum Gasteiger partial charge on any atom is -0.375 e. The Morgan fingerprint density at radius 2 is 2.33 bits per heavy atom. The van der Waals surface area contributed by atoms with Gasteiger partial charge in [-0.2, -0.15) is 0 Å². The summed E-state index contributed by atoms with van der Waals surface area (Å²) in [6, 6.07) is 0. The Labute approximate surface area is 96.5 Å². The van der Waals surface area contributed by atoms with E-state index in [-0.39, 0.29) is 0 Å². The fourth-order valence-electron chi connectivity index (χ4n) is 2.08. The van der Waals surface area contributed by atoms with Crippen LogP contribution in [0.2, 0.25) is 0 Å². The van der Waals surface area contributed by atoms with Crippen molar-refractivity contribution in [2.75, 3.05) is 18.8 Å². The topological polar surface area (TPSA) is 42.2 Å². The van der Waals surface area contributed by atoms with Crippen LogP contribution in [0, 0.1) is 0 Å². The van der Waals surface area contributed by atoms with Gasteiger partial charge in [-0.15, -0.1) is 11.3 Å². The summed E-state index contributed by atoms with van der Waals surface area (Å²) in [4.78, 5) is 9.50. The highest BCUT2D eigenvalue weighted by molar-refractivity contribution is 7.29. The quantitative estimate of drug-likeness (QED) is 0.830. The second kappa shape index (κ2) is 3.43. The predicted molar refractivity (Wildman–Crippen MR) is 66.6 cm³/mol. The molecule has 0 saturated heterocycles. The molecule has 0 radical (unpaired) electrons. The average Bonchev–Trinajstić information content (AvgIpc) is 2.73. The number of likely N-dealkylation sites (N-methyl/N-ethyl adjacent to an activating group) is 1. The zero-order chi connectivity index (χ0) is 10.4. The summed E-state index contributed by atoms with van der Waals surface area (Å²) in [5, 5.41) is 0.702. The molecule has 0 saturated carbocycles. The Morgan fingerprint density at radius 1 is 1.47 bits per heavy atom. The van der Waals surface area contributed by atoms with Gasteiger partial charge in [0.05, 0.1) is 4.70 Å². The van der Waals surface area contributed by atoms with Crippen LogP contribution in [0.4, 0.5) is 5.13 Å². The van der Waals surface area contributed by atoms with Gasteiger partial charge >= 0.3 is 0 Å². The Bertz CT molecular complexity index is 500. The van der Waals surface area contributed by atoms with E-state index >= 15 is 0 Å². The lowest BCUT2D eigenvalue weighted by atomic mass is 10.1. The maximum Gasteiger partial charge on any atom is 0.181 e. The van der Waals surface area contributed by atoms with Crippen molar-refractivity contribution >= 4 is 37.3 Å². The van der Waals surface area contributed by atoms with E-state index in [1.165, 1.54) is 28.1 Å². The molecule has 2 aromatic rings. The van der Waals surface area contributed by atoms with E-state index in [1.54, 1.807) is 11.3 Å². The molecule has 2 N–H and O–H groups in total. The first-order chi connectivity index (χ1) is 7.28. The molecule has 0 fully saturated rings. The third-order valence-corrected chi connectivity index (χ3v) is 5.19. The maximum absolute atomic E-state index is 5.74. The zero-order valence-corrected chi connectivity index (χ0v) is 10.2. The molecule has 80 valence electrons. The first-order valence-electron chi connectivity index (χ1n) is 5.17. The van der Waals surface area contributed by atoms with Gasteiger partial charge in [-0.3, -0.25) is 4.90 Å². The van der Waals surface area contributed by atoms with Crippen molar-refractivity contribution in [3.8, 4) is 0 Å². The number of hydrogen-bond donors (Lipinski definition) is 1. The van der Waals surface area contributed by atoms with Crippen LogP contribution in [0.5, 0.6) is 0 Å². The van der Waals surface area contributed by atoms with E-state index in [4.69, 9.17) is 5.73 Å². The predicted octanol–water partition coefficient (Wildman–Crippen LogP) is 2.32. The SMILES string of the molecule is CCN1CCc2sc3nc(N)sc3c2C1. The average molecular weight is 239 g/mol. The van der Waals surface area contributed by atoms with Gasteiger partial charge < -0.3 is 5.73 Å². The van der Waals surface area contributed by atoms with Gasteiger partial charge in [0, 0.05) is 18.0 Å². The molecule has 2 aromatic heterocycles. The number of nitrogens with two attached hydrogens (primary N) is 1. The lowest BCUT2D eigenvalue weighted by Gasteiger charge is -2.25. The lowest BCUT2D eigenvalue weighted by Crippen LogP contribution is -2.29. The van der Waals surface area contributed by atoms with Gasteiger partial charge in [0.1, 0.15) is 4.83 Å². The molecule has 0 aliphatic carbocycles. The van der Waals surface area contributed by atoms with E-state index < -0.39 is 0 Å². The molecule has 0 unspecified atom stereocenters. The van der Waals surface area contributed by atoms with Crippen LogP contribution >= 0.6 is 22.7 Å². The molecular weight excluding hydrogens is 226 g/mol. The highest BCUT2D eigenvalue weighted by Crippen LogP contribution is 2.38. The van der Waals surface area contributed by atoms with Crippen LogP contribution in [-0.4, -0.2) is 23.0 Å². The number of aromatic nitrogens is 1. The molecule has 0 atom stereocenters. The van der Waals surface area contributed by atoms with Gasteiger partial charge in [0.15, 0.2) is 5.13 Å². The summed E-state index contributed by atoms with van der Waals surface area (Å²) < 4.78 is 1.32. The van der Waals surface area contributed by atoms with Crippen molar-refractivity contribution in [3.05, 3.63) is 10.4 Å². The largest absolute Gasteiger partial charge is 0.375 e. The van der Waals surface area contributed by atoms with E-state index in [1.807, 2.05) is 11.3 Å². The standard InChI is InChI=1S/C10H13N3S2/c1-2-13-4-3-7-6(5-13)8-9(14-7)12-10(11)15-8/h2-5H2,1H3,(H2,11,12). The smallest absolute Gasteiger partial charge is 0.181 e. The molecule has 15 heavy (non-hydrogen) atoms. The minimum absolute atomic E-state index is 0.702. The van der Waals surface area contributed by atoms with E-state index in [0.29, 0.717) is 5.13 Å². The second-order valence-corrected chi connectivity index (χ2v) is 5.92. The van der Waals surface area contributed by atoms with Crippen LogP contribution < -0.4 is 5.73 Å². The summed E-state index contributed by atoms with van der Waals surface area (Å²) in [6.07, 6.45) is 1.18. The maximum atomic E-state index is 5.74. The third-order valence-electron chi connectivity index (χ3n) is 2.93. The molecule has 5 heteroatoms. The summed E-state index contributed by atoms with van der Waals surface area (Å²) >= 11 is 3.46. The van der Waals surface area contributed by atoms with Crippen molar-refractivity contribution in [3.63, 3.8) is 0 Å². The van der Waals surface area contributed by atoms with Crippen LogP contribution in [0.3, 0.4) is 0 Å². The van der Waals surface area contributed by atoms with Gasteiger partial charge in [0.2, 0.25) is 0 Å². The van der Waals surface area contributed by atoms with Gasteiger partial charge in [-0.25, -0.2) is 4.98 Å². The number of thiophene rings is 1. The zero-order valence-electron chi connectivity index (χ0n) is 8.62. The van der Waals surface area contributed by atoms with E-state index in [9.17, 15) is 0 Å². The molecular formula is C10H13N3S2. The van der Waals surface area contributed by atoms with Crippen LogP contribution in [-0.2, 0) is 13.0 Å². The van der Waals surface area contributed by atoms with E-state index in [0.717, 1.165) is 17.9 Å². The number of hydrogen-bond acceptors (Lipinski definition) is 5. The van der Waals surface area contributed by atoms with Crippen LogP contribution in [0.1, 0.15) is 17.4 Å². The van der Waals surface area contributed by atoms with Crippen molar-refractivity contribution in [2.24, 2.45) is 0 Å². The molecule has 3 nitrogen and oxygen atoms in total. The summed E-state index contributed by atoms with van der Waals surface area (Å²) in [7, 11) is 0. The minimum atomic E-state index is 0.702. The monoisotopic (exact) mass is 239 g/mol. The third kappa shape index (κ3) is 1.46. The summed E-state index contributed by atoms with van der Waals surface area (Å²) in [5.74, 6) is 0. The Hall–Kier alpha value is -0.650. The number of fused-ring (bicyclic) bond motifs is 3. The molecule has 0 spiro atoms. The molecule has 0 aromatic carbocycles. The van der Waals surface area contributed by atoms with E-state index in [2.05, 4.69) is 16.8 Å². The Kier molecular flexibility index (Phi) is 2.19.